The van der Waals surface area contributed by atoms with E-state index >= 15 is 0 Å². The molecule has 326 valence electrons. The van der Waals surface area contributed by atoms with Gasteiger partial charge in [-0.2, -0.15) is 4.98 Å². The van der Waals surface area contributed by atoms with Gasteiger partial charge in [-0.25, -0.2) is 37.5 Å². The number of carboxylic acid groups (broad SMARTS) is 1. The Bertz CT molecular complexity index is 2330. The number of nitrogens with zero attached hydrogens (tertiary/aromatic N) is 6. The molecule has 1 atom stereocenters. The van der Waals surface area contributed by atoms with Crippen LogP contribution < -0.4 is 9.21 Å². The van der Waals surface area contributed by atoms with Crippen molar-refractivity contribution in [1.82, 2.24) is 19.4 Å². The number of carbonyl (C=O) groups excluding carboxylic acids is 3. The maximum atomic E-state index is 14.4. The molecule has 4 aromatic rings. The fourth-order valence-corrected chi connectivity index (χ4v) is 8.30. The van der Waals surface area contributed by atoms with Crippen LogP contribution in [0.3, 0.4) is 0 Å². The van der Waals surface area contributed by atoms with Crippen molar-refractivity contribution in [3.63, 3.8) is 0 Å². The number of anilines is 2. The number of ether oxygens (including phenoxy) is 3. The molecule has 3 amide bonds. The topological polar surface area (TPSA) is 191 Å². The molecular weight excluding hydrogens is 839 g/mol. The summed E-state index contributed by atoms with van der Waals surface area (Å²) in [6.07, 6.45) is 0.216. The summed E-state index contributed by atoms with van der Waals surface area (Å²) < 4.78 is 47.8. The summed E-state index contributed by atoms with van der Waals surface area (Å²) >= 11 is 12.4. The van der Waals surface area contributed by atoms with E-state index in [9.17, 15) is 32.7 Å². The maximum absolute atomic E-state index is 14.4. The van der Waals surface area contributed by atoms with E-state index in [-0.39, 0.29) is 45.5 Å². The number of amides is 3. The van der Waals surface area contributed by atoms with E-state index in [1.807, 2.05) is 0 Å². The first kappa shape index (κ1) is 47.5. The summed E-state index contributed by atoms with van der Waals surface area (Å²) in [6, 6.07) is 9.87. The number of hydrogen-bond acceptors (Lipinski definition) is 11. The molecule has 0 bridgehead atoms. The van der Waals surface area contributed by atoms with Crippen molar-refractivity contribution in [1.29, 1.82) is 0 Å². The molecule has 0 saturated carbocycles. The molecule has 0 fully saturated rings. The Hall–Kier alpha value is -5.13. The summed E-state index contributed by atoms with van der Waals surface area (Å²) in [6.45, 7) is 19.1. The summed E-state index contributed by atoms with van der Waals surface area (Å²) in [5.41, 5.74) is -3.40. The van der Waals surface area contributed by atoms with Gasteiger partial charge in [0.1, 0.15) is 28.7 Å². The van der Waals surface area contributed by atoms with Crippen molar-refractivity contribution < 1.29 is 46.9 Å². The Morgan fingerprint density at radius 1 is 0.750 bits per heavy atom. The lowest BCUT2D eigenvalue weighted by Gasteiger charge is -2.37. The number of aromatic nitrogens is 3. The normalized spacial score (nSPS) is 13.0. The first-order valence-electron chi connectivity index (χ1n) is 18.8. The summed E-state index contributed by atoms with van der Waals surface area (Å²) in [7, 11) is -4.58. The van der Waals surface area contributed by atoms with Crippen LogP contribution in [0.1, 0.15) is 83.1 Å². The lowest BCUT2D eigenvalue weighted by molar-refractivity contribution is -0.140. The van der Waals surface area contributed by atoms with Crippen molar-refractivity contribution in [3.05, 3.63) is 71.0 Å². The molecule has 0 saturated heterocycles. The standard InChI is InChI=1S/C41H52Cl2N6O10S/c1-38(2,3)32(33(50)51)49(60(55,56)29-23-26(42)22-27(43)24-29)28-13-14-30-25(21-28)16-18-46(30)34-44-17-15-31(45-34)47(35(52)57-39(4,5)6)19-20-48(36(53)58-40(7,8)9)37(54)59-41(10,11)12/h13-18,21-24,32H,19-20H2,1-12H3,(H,50,51). The Kier molecular flexibility index (Phi) is 13.8. The number of aliphatic carboxylic acids is 1. The third kappa shape index (κ3) is 12.0. The average molecular weight is 892 g/mol. The molecule has 2 heterocycles. The quantitative estimate of drug-likeness (QED) is 0.149. The van der Waals surface area contributed by atoms with Crippen LogP contribution in [-0.2, 0) is 29.0 Å². The zero-order valence-electron chi connectivity index (χ0n) is 35.7. The molecule has 16 nitrogen and oxygen atoms in total. The second-order valence-electron chi connectivity index (χ2n) is 17.9. The number of carbonyl (C=O) groups is 4. The minimum atomic E-state index is -4.58. The third-order valence-corrected chi connectivity index (χ3v) is 10.3. The van der Waals surface area contributed by atoms with Crippen LogP contribution in [-0.4, -0.2) is 93.1 Å². The van der Waals surface area contributed by atoms with Crippen LogP contribution in [0.25, 0.3) is 16.9 Å². The Morgan fingerprint density at radius 3 is 1.78 bits per heavy atom. The smallest absolute Gasteiger partial charge is 0.419 e. The fraction of sp³-hybridized carbons (Fsp3) is 0.463. The van der Waals surface area contributed by atoms with E-state index < -0.39 is 62.5 Å². The fourth-order valence-electron chi connectivity index (χ4n) is 5.79. The molecule has 1 unspecified atom stereocenters. The van der Waals surface area contributed by atoms with Gasteiger partial charge in [0.2, 0.25) is 5.95 Å². The van der Waals surface area contributed by atoms with Crippen LogP contribution in [0.15, 0.2) is 65.8 Å². The molecular formula is C41H52Cl2N6O10S. The highest BCUT2D eigenvalue weighted by Gasteiger charge is 2.44. The molecule has 0 aliphatic heterocycles. The molecule has 2 aromatic carbocycles. The SMILES string of the molecule is CC(C)(C)OC(=O)N(CCN(C(=O)OC(C)(C)C)c1ccnc(-n2ccc3cc(N(C(C(=O)O)C(C)(C)C)S(=O)(=O)c4cc(Cl)cc(Cl)c4)ccc32)n1)C(=O)OC(C)(C)C. The molecule has 60 heavy (non-hydrogen) atoms. The van der Waals surface area contributed by atoms with Crippen LogP contribution >= 0.6 is 23.2 Å². The first-order chi connectivity index (χ1) is 27.4. The van der Waals surface area contributed by atoms with Gasteiger partial charge in [0, 0.05) is 34.4 Å². The highest BCUT2D eigenvalue weighted by molar-refractivity contribution is 7.93. The van der Waals surface area contributed by atoms with Gasteiger partial charge in [-0.15, -0.1) is 0 Å². The number of fused-ring (bicyclic) bond motifs is 1. The zero-order chi connectivity index (χ0) is 45.3. The maximum Gasteiger partial charge on any atom is 0.419 e. The van der Waals surface area contributed by atoms with Crippen LogP contribution in [0, 0.1) is 5.41 Å². The van der Waals surface area contributed by atoms with Crippen molar-refractivity contribution in [2.45, 2.75) is 111 Å². The molecule has 4 rings (SSSR count). The minimum absolute atomic E-state index is 0.0453. The largest absolute Gasteiger partial charge is 0.480 e. The number of benzene rings is 2. The van der Waals surface area contributed by atoms with Crippen LogP contribution in [0.5, 0.6) is 0 Å². The molecule has 19 heteroatoms. The molecule has 0 aliphatic carbocycles. The van der Waals surface area contributed by atoms with E-state index in [1.165, 1.54) is 42.6 Å². The number of halogens is 2. The number of rotatable bonds is 10. The second-order valence-corrected chi connectivity index (χ2v) is 20.6. The highest BCUT2D eigenvalue weighted by atomic mass is 35.5. The number of imide groups is 1. The Labute approximate surface area is 360 Å². The summed E-state index contributed by atoms with van der Waals surface area (Å²) in [4.78, 5) is 63.8. The summed E-state index contributed by atoms with van der Waals surface area (Å²) in [5.74, 6) is -1.25. The molecule has 0 radical (unpaired) electrons. The highest BCUT2D eigenvalue weighted by Crippen LogP contribution is 2.37. The van der Waals surface area contributed by atoms with Crippen molar-refractivity contribution in [2.75, 3.05) is 22.3 Å². The van der Waals surface area contributed by atoms with Gasteiger partial charge in [0.05, 0.1) is 22.6 Å². The Morgan fingerprint density at radius 2 is 1.28 bits per heavy atom. The predicted molar refractivity (Wildman–Crippen MR) is 229 cm³/mol. The first-order valence-corrected chi connectivity index (χ1v) is 21.0. The molecule has 0 spiro atoms. The summed E-state index contributed by atoms with van der Waals surface area (Å²) in [5, 5.41) is 11.0. The van der Waals surface area contributed by atoms with Gasteiger partial charge in [0.15, 0.2) is 0 Å². The van der Waals surface area contributed by atoms with Gasteiger partial charge in [-0.3, -0.25) is 13.8 Å². The van der Waals surface area contributed by atoms with Gasteiger partial charge in [-0.1, -0.05) is 44.0 Å². The number of hydrogen-bond donors (Lipinski definition) is 1. The van der Waals surface area contributed by atoms with Gasteiger partial charge in [0.25, 0.3) is 10.0 Å². The number of carboxylic acids is 1. The van der Waals surface area contributed by atoms with E-state index in [0.29, 0.717) is 10.9 Å². The lowest BCUT2D eigenvalue weighted by Crippen LogP contribution is -2.52. The number of sulfonamides is 1. The van der Waals surface area contributed by atoms with E-state index in [4.69, 9.17) is 37.4 Å². The average Bonchev–Trinajstić information content (AvgIpc) is 3.48. The van der Waals surface area contributed by atoms with Crippen LogP contribution in [0.2, 0.25) is 10.0 Å². The minimum Gasteiger partial charge on any atom is -0.480 e. The second kappa shape index (κ2) is 17.5. The van der Waals surface area contributed by atoms with E-state index in [1.54, 1.807) is 106 Å². The van der Waals surface area contributed by atoms with E-state index in [0.717, 1.165) is 14.1 Å². The van der Waals surface area contributed by atoms with Gasteiger partial charge in [-0.05, 0) is 116 Å². The van der Waals surface area contributed by atoms with E-state index in [2.05, 4.69) is 9.97 Å². The van der Waals surface area contributed by atoms with Crippen LogP contribution in [0.4, 0.5) is 25.9 Å². The van der Waals surface area contributed by atoms with Crippen molar-refractivity contribution in [3.8, 4) is 5.95 Å². The van der Waals surface area contributed by atoms with Crippen molar-refractivity contribution in [2.24, 2.45) is 5.41 Å². The zero-order valence-corrected chi connectivity index (χ0v) is 38.1. The molecule has 1 N–H and O–H groups in total. The lowest BCUT2D eigenvalue weighted by atomic mass is 9.86. The molecule has 0 aliphatic rings. The monoisotopic (exact) mass is 890 g/mol. The predicted octanol–water partition coefficient (Wildman–Crippen LogP) is 9.34. The van der Waals surface area contributed by atoms with Gasteiger partial charge < -0.3 is 19.3 Å². The van der Waals surface area contributed by atoms with Crippen molar-refractivity contribution >= 4 is 79.9 Å². The Balaban J connectivity index is 1.81. The third-order valence-electron chi connectivity index (χ3n) is 8.12. The molecule has 2 aromatic heterocycles. The van der Waals surface area contributed by atoms with Gasteiger partial charge >= 0.3 is 24.2 Å².